The number of nitrogens with zero attached hydrogens (tertiary/aromatic N) is 1. The first-order valence-corrected chi connectivity index (χ1v) is 13.7. The zero-order valence-corrected chi connectivity index (χ0v) is 23.6. The van der Waals surface area contributed by atoms with Crippen LogP contribution >= 0.6 is 0 Å². The molecule has 0 radical (unpaired) electrons. The van der Waals surface area contributed by atoms with Gasteiger partial charge in [-0.2, -0.15) is 13.2 Å². The third-order valence-electron chi connectivity index (χ3n) is 8.76. The molecule has 2 aromatic carbocycles. The third kappa shape index (κ3) is 5.42. The quantitative estimate of drug-likeness (QED) is 0.286. The van der Waals surface area contributed by atoms with Gasteiger partial charge >= 0.3 is 6.18 Å². The number of fused-ring (bicyclic) bond motifs is 3. The molecule has 42 heavy (non-hydrogen) atoms. The van der Waals surface area contributed by atoms with Crippen molar-refractivity contribution in [1.29, 1.82) is 0 Å². The number of anilines is 1. The summed E-state index contributed by atoms with van der Waals surface area (Å²) in [6.45, 7) is 2.01. The highest BCUT2D eigenvalue weighted by Crippen LogP contribution is 2.59. The van der Waals surface area contributed by atoms with E-state index in [4.69, 9.17) is 15.2 Å². The van der Waals surface area contributed by atoms with Crippen LogP contribution in [0.25, 0.3) is 0 Å². The third-order valence-corrected chi connectivity index (χ3v) is 8.76. The second kappa shape index (κ2) is 11.3. The maximum absolute atomic E-state index is 14.4. The van der Waals surface area contributed by atoms with Crippen molar-refractivity contribution in [3.63, 3.8) is 0 Å². The highest BCUT2D eigenvalue weighted by atomic mass is 19.4. The molecule has 0 spiro atoms. The summed E-state index contributed by atoms with van der Waals surface area (Å²) in [7, 11) is 2.92. The molecule has 0 heterocycles. The molecule has 1 saturated carbocycles. The van der Waals surface area contributed by atoms with Crippen LogP contribution in [0.2, 0.25) is 0 Å². The van der Waals surface area contributed by atoms with Crippen molar-refractivity contribution in [3.8, 4) is 11.5 Å². The molecule has 2 aromatic rings. The Labute approximate surface area is 242 Å². The minimum absolute atomic E-state index is 0.291. The van der Waals surface area contributed by atoms with E-state index in [9.17, 15) is 22.4 Å². The lowest BCUT2D eigenvalue weighted by atomic mass is 9.53. The van der Waals surface area contributed by atoms with Crippen LogP contribution in [0.5, 0.6) is 11.5 Å². The first-order chi connectivity index (χ1) is 20.0. The van der Waals surface area contributed by atoms with E-state index in [1.807, 2.05) is 13.0 Å². The average molecular weight is 584 g/mol. The second-order valence-corrected chi connectivity index (χ2v) is 11.1. The summed E-state index contributed by atoms with van der Waals surface area (Å²) >= 11 is 0. The van der Waals surface area contributed by atoms with Gasteiger partial charge in [-0.05, 0) is 85.8 Å². The van der Waals surface area contributed by atoms with Gasteiger partial charge in [0.05, 0.1) is 37.5 Å². The van der Waals surface area contributed by atoms with Crippen molar-refractivity contribution in [2.75, 3.05) is 19.5 Å². The fourth-order valence-corrected chi connectivity index (χ4v) is 6.69. The molecule has 10 heteroatoms. The van der Waals surface area contributed by atoms with E-state index in [-0.39, 0.29) is 12.2 Å². The number of aliphatic imine (C=N–C) groups is 1. The molecule has 0 aliphatic heterocycles. The van der Waals surface area contributed by atoms with Crippen molar-refractivity contribution >= 4 is 23.0 Å². The SMILES string of the molecule is COc1ccc(NC(=O)[C@H]2[C@H](C(F)(F)F)CC=C3[C@@H]2CCC2=CC(=Nc4ccc(F)cc4)C(=CN)C[C@@]23C)cc1OC. The molecule has 0 bridgehead atoms. The lowest BCUT2D eigenvalue weighted by Crippen LogP contribution is -2.49. The van der Waals surface area contributed by atoms with Crippen molar-refractivity contribution in [3.05, 3.63) is 83.4 Å². The predicted octanol–water partition coefficient (Wildman–Crippen LogP) is 7.27. The van der Waals surface area contributed by atoms with Gasteiger partial charge in [0.25, 0.3) is 0 Å². The summed E-state index contributed by atoms with van der Waals surface area (Å²) in [6, 6.07) is 10.5. The molecule has 6 nitrogen and oxygen atoms in total. The molecule has 3 aliphatic carbocycles. The van der Waals surface area contributed by atoms with Gasteiger partial charge in [0, 0.05) is 17.2 Å². The molecular formula is C32H33F4N3O3. The minimum atomic E-state index is -4.55. The summed E-state index contributed by atoms with van der Waals surface area (Å²) in [5.74, 6) is -3.99. The lowest BCUT2D eigenvalue weighted by Gasteiger charge is -2.51. The molecule has 0 saturated heterocycles. The van der Waals surface area contributed by atoms with Crippen LogP contribution in [0.1, 0.15) is 32.6 Å². The van der Waals surface area contributed by atoms with Crippen molar-refractivity contribution in [2.45, 2.75) is 38.8 Å². The maximum Gasteiger partial charge on any atom is 0.392 e. The van der Waals surface area contributed by atoms with E-state index in [1.54, 1.807) is 30.3 Å². The summed E-state index contributed by atoms with van der Waals surface area (Å²) in [5, 5.41) is 2.72. The van der Waals surface area contributed by atoms with Crippen molar-refractivity contribution < 1.29 is 31.8 Å². The maximum atomic E-state index is 14.4. The van der Waals surface area contributed by atoms with Crippen LogP contribution in [0.4, 0.5) is 28.9 Å². The Morgan fingerprint density at radius 2 is 1.83 bits per heavy atom. The lowest BCUT2D eigenvalue weighted by molar-refractivity contribution is -0.196. The number of amides is 1. The van der Waals surface area contributed by atoms with E-state index < -0.39 is 35.3 Å². The second-order valence-electron chi connectivity index (χ2n) is 11.1. The number of alkyl halides is 3. The molecule has 3 N–H and O–H groups in total. The molecule has 1 fully saturated rings. The molecule has 4 atom stereocenters. The predicted molar refractivity (Wildman–Crippen MR) is 153 cm³/mol. The Morgan fingerprint density at radius 3 is 2.48 bits per heavy atom. The van der Waals surface area contributed by atoms with Crippen LogP contribution in [-0.2, 0) is 4.79 Å². The number of carbonyl (C=O) groups is 1. The highest BCUT2D eigenvalue weighted by molar-refractivity contribution is 6.11. The highest BCUT2D eigenvalue weighted by Gasteiger charge is 2.56. The van der Waals surface area contributed by atoms with Gasteiger partial charge in [0.2, 0.25) is 5.91 Å². The number of methoxy groups -OCH3 is 2. The number of allylic oxidation sites excluding steroid dienone is 5. The van der Waals surface area contributed by atoms with Gasteiger partial charge in [-0.1, -0.05) is 24.1 Å². The van der Waals surface area contributed by atoms with E-state index in [0.29, 0.717) is 47.8 Å². The van der Waals surface area contributed by atoms with Gasteiger partial charge < -0.3 is 20.5 Å². The number of halogens is 4. The molecular weight excluding hydrogens is 550 g/mol. The fraction of sp³-hybridized carbons (Fsp3) is 0.375. The Bertz CT molecular complexity index is 1490. The Morgan fingerprint density at radius 1 is 1.12 bits per heavy atom. The Hall–Kier alpha value is -4.08. The smallest absolute Gasteiger partial charge is 0.392 e. The van der Waals surface area contributed by atoms with Gasteiger partial charge in [-0.15, -0.1) is 0 Å². The summed E-state index contributed by atoms with van der Waals surface area (Å²) in [5.41, 5.74) is 9.52. The first kappa shape index (κ1) is 29.4. The van der Waals surface area contributed by atoms with Crippen molar-refractivity contribution in [1.82, 2.24) is 0 Å². The first-order valence-electron chi connectivity index (χ1n) is 13.7. The largest absolute Gasteiger partial charge is 0.493 e. The van der Waals surface area contributed by atoms with Gasteiger partial charge in [0.1, 0.15) is 5.82 Å². The number of ether oxygens (including phenoxy) is 2. The molecule has 5 rings (SSSR count). The molecule has 222 valence electrons. The zero-order valence-electron chi connectivity index (χ0n) is 23.6. The summed E-state index contributed by atoms with van der Waals surface area (Å²) < 4.78 is 67.1. The fourth-order valence-electron chi connectivity index (χ4n) is 6.69. The van der Waals surface area contributed by atoms with E-state index >= 15 is 0 Å². The normalized spacial score (nSPS) is 27.5. The van der Waals surface area contributed by atoms with Crippen LogP contribution in [0.3, 0.4) is 0 Å². The van der Waals surface area contributed by atoms with E-state index in [2.05, 4.69) is 10.3 Å². The van der Waals surface area contributed by atoms with Gasteiger partial charge in [0.15, 0.2) is 11.5 Å². The molecule has 3 aliphatic rings. The number of hydrogen-bond donors (Lipinski definition) is 2. The Balaban J connectivity index is 1.50. The average Bonchev–Trinajstić information content (AvgIpc) is 2.96. The monoisotopic (exact) mass is 583 g/mol. The van der Waals surface area contributed by atoms with Crippen LogP contribution < -0.4 is 20.5 Å². The number of nitrogens with one attached hydrogen (secondary N) is 1. The topological polar surface area (TPSA) is 85.9 Å². The zero-order chi connectivity index (χ0) is 30.2. The number of hydrogen-bond acceptors (Lipinski definition) is 5. The van der Waals surface area contributed by atoms with Crippen LogP contribution in [0.15, 0.2) is 82.5 Å². The van der Waals surface area contributed by atoms with Gasteiger partial charge in [-0.25, -0.2) is 9.38 Å². The van der Waals surface area contributed by atoms with E-state index in [0.717, 1.165) is 16.7 Å². The molecule has 0 unspecified atom stereocenters. The summed E-state index contributed by atoms with van der Waals surface area (Å²) in [4.78, 5) is 18.4. The van der Waals surface area contributed by atoms with E-state index in [1.165, 1.54) is 38.6 Å². The van der Waals surface area contributed by atoms with Gasteiger partial charge in [-0.3, -0.25) is 4.79 Å². The molecule has 1 amide bonds. The number of benzene rings is 2. The van der Waals surface area contributed by atoms with Crippen LogP contribution in [-0.4, -0.2) is 32.0 Å². The number of rotatable bonds is 5. The standard InChI is InChI=1S/C32H33F4N3O3/c1-31-16-18(17-37)26(38-21-7-5-20(33)6-8-21)14-19(31)4-10-23-24(31)11-12-25(32(34,35)36)29(23)30(40)39-22-9-13-27(41-2)28(15-22)42-3/h5-9,11,13-15,17,23,25,29H,4,10,12,16,37H2,1-3H3,(H,39,40)/t23-,25+,29+,31-/m0/s1. The minimum Gasteiger partial charge on any atom is -0.493 e. The van der Waals surface area contributed by atoms with Crippen molar-refractivity contribution in [2.24, 2.45) is 33.9 Å². The Kier molecular flexibility index (Phi) is 7.92. The summed E-state index contributed by atoms with van der Waals surface area (Å²) in [6.07, 6.45) is 1.57. The van der Waals surface area contributed by atoms with Crippen LogP contribution in [0, 0.1) is 29.0 Å². The molecule has 0 aromatic heterocycles. The number of nitrogens with two attached hydrogens (primary N) is 1. The number of carbonyl (C=O) groups excluding carboxylic acids is 1.